The van der Waals surface area contributed by atoms with Crippen LogP contribution in [-0.2, 0) is 16.2 Å². The normalized spacial score (nSPS) is 11.8. The van der Waals surface area contributed by atoms with Crippen LogP contribution in [0.25, 0.3) is 0 Å². The van der Waals surface area contributed by atoms with Gasteiger partial charge in [0.05, 0.1) is 12.3 Å². The third-order valence-corrected chi connectivity index (χ3v) is 6.18. The fraction of sp³-hybridized carbons (Fsp3) is 0.517. The van der Waals surface area contributed by atoms with E-state index in [1.54, 1.807) is 29.1 Å². The molecule has 0 spiro atoms. The van der Waals surface area contributed by atoms with Crippen molar-refractivity contribution in [3.63, 3.8) is 0 Å². The van der Waals surface area contributed by atoms with Gasteiger partial charge in [0, 0.05) is 23.7 Å². The molecular weight excluding hydrogens is 532 g/mol. The van der Waals surface area contributed by atoms with Crippen molar-refractivity contribution in [3.8, 4) is 11.9 Å². The number of nitriles is 1. The molecule has 0 aliphatic carbocycles. The maximum absolute atomic E-state index is 12.0. The number of nitrogens with two attached hydrogens (primary N) is 1. The number of unbranched alkanes of at least 4 members (excludes halogenated alkanes) is 6. The molecule has 0 amide bonds. The predicted octanol–water partition coefficient (Wildman–Crippen LogP) is 5.51. The molecule has 0 aliphatic heterocycles. The number of rotatable bonds is 18. The summed E-state index contributed by atoms with van der Waals surface area (Å²) >= 11 is 5.88. The predicted molar refractivity (Wildman–Crippen MR) is 156 cm³/mol. The summed E-state index contributed by atoms with van der Waals surface area (Å²) in [6.45, 7) is 3.85. The molecule has 0 saturated carbocycles. The molecule has 10 nitrogen and oxygen atoms in total. The molecule has 4 N–H and O–H groups in total. The van der Waals surface area contributed by atoms with Crippen LogP contribution < -0.4 is 25.7 Å². The summed E-state index contributed by atoms with van der Waals surface area (Å²) in [5, 5.41) is 15.4. The summed E-state index contributed by atoms with van der Waals surface area (Å²) in [7, 11) is 0. The van der Waals surface area contributed by atoms with Crippen LogP contribution in [0.15, 0.2) is 53.8 Å². The second-order valence-electron chi connectivity index (χ2n) is 9.35. The first-order valence-corrected chi connectivity index (χ1v) is 14.3. The minimum Gasteiger partial charge on any atom is -0.494 e. The van der Waals surface area contributed by atoms with Crippen LogP contribution in [-0.4, -0.2) is 37.9 Å². The average Bonchev–Trinajstić information content (AvgIpc) is 2.95. The Kier molecular flexibility index (Phi) is 16.6. The van der Waals surface area contributed by atoms with E-state index in [0.717, 1.165) is 69.2 Å². The van der Waals surface area contributed by atoms with Gasteiger partial charge >= 0.3 is 6.16 Å². The Balaban J connectivity index is 1.62. The van der Waals surface area contributed by atoms with Crippen molar-refractivity contribution in [3.05, 3.63) is 53.8 Å². The zero-order chi connectivity index (χ0) is 28.8. The van der Waals surface area contributed by atoms with Crippen LogP contribution in [0.1, 0.15) is 64.7 Å². The zero-order valence-electron chi connectivity index (χ0n) is 23.3. The molecule has 1 aromatic heterocycles. The number of guanidine groups is 1. The van der Waals surface area contributed by atoms with Gasteiger partial charge in [0.25, 0.3) is 6.73 Å². The smallest absolute Gasteiger partial charge is 0.494 e. The number of nitrogens with zero attached hydrogens (tertiary/aromatic N) is 3. The molecule has 0 bridgehead atoms. The van der Waals surface area contributed by atoms with Crippen LogP contribution >= 0.6 is 11.6 Å². The fourth-order valence-electron chi connectivity index (χ4n) is 3.72. The monoisotopic (exact) mass is 573 g/mol. The lowest BCUT2D eigenvalue weighted by atomic mass is 10.1. The van der Waals surface area contributed by atoms with E-state index in [1.165, 1.54) is 0 Å². The molecule has 1 unspecified atom stereocenters. The number of anilines is 1. The summed E-state index contributed by atoms with van der Waals surface area (Å²) in [6, 6.07) is 10.9. The molecule has 218 valence electrons. The number of halogens is 1. The summed E-state index contributed by atoms with van der Waals surface area (Å²) in [5.41, 5.74) is 6.23. The van der Waals surface area contributed by atoms with Crippen molar-refractivity contribution < 1.29 is 23.6 Å². The second kappa shape index (κ2) is 20.4. The molecule has 2 rings (SSSR count). The van der Waals surface area contributed by atoms with Gasteiger partial charge in [-0.1, -0.05) is 30.9 Å². The van der Waals surface area contributed by atoms with E-state index in [2.05, 4.69) is 15.6 Å². The number of carbonyl (C=O) groups is 1. The van der Waals surface area contributed by atoms with Gasteiger partial charge < -0.3 is 25.3 Å². The molecule has 11 heteroatoms. The average molecular weight is 574 g/mol. The van der Waals surface area contributed by atoms with Gasteiger partial charge in [-0.25, -0.2) is 4.79 Å². The molecule has 0 radical (unpaired) electrons. The van der Waals surface area contributed by atoms with Crippen LogP contribution in [0.3, 0.4) is 0 Å². The van der Waals surface area contributed by atoms with Crippen molar-refractivity contribution in [2.45, 2.75) is 77.5 Å². The number of benzene rings is 1. The van der Waals surface area contributed by atoms with E-state index in [9.17, 15) is 4.79 Å². The van der Waals surface area contributed by atoms with E-state index in [4.69, 9.17) is 36.8 Å². The SMILES string of the molecule is CC(CCCCCCN)OC(=O)OC[n+]1ccc(NC(=NCCCCCCOc2ccc(Cl)cc2)NC#N)cc1. The Hall–Kier alpha value is -3.55. The van der Waals surface area contributed by atoms with Gasteiger partial charge in [0.15, 0.2) is 18.6 Å². The van der Waals surface area contributed by atoms with Crippen molar-refractivity contribution >= 4 is 29.4 Å². The topological polar surface area (TPSA) is 135 Å². The van der Waals surface area contributed by atoms with Gasteiger partial charge in [-0.15, -0.1) is 0 Å². The number of pyridine rings is 1. The van der Waals surface area contributed by atoms with Crippen molar-refractivity contribution in [1.29, 1.82) is 5.26 Å². The molecular formula is C29H42ClN6O4+. The molecule has 0 saturated heterocycles. The lowest BCUT2D eigenvalue weighted by Crippen LogP contribution is -2.36. The summed E-state index contributed by atoms with van der Waals surface area (Å²) in [5.74, 6) is 1.20. The Labute approximate surface area is 242 Å². The number of ether oxygens (including phenoxy) is 3. The van der Waals surface area contributed by atoms with Crippen LogP contribution in [0, 0.1) is 11.5 Å². The third-order valence-electron chi connectivity index (χ3n) is 5.93. The van der Waals surface area contributed by atoms with Crippen molar-refractivity contribution in [2.75, 3.05) is 25.0 Å². The fourth-order valence-corrected chi connectivity index (χ4v) is 3.85. The van der Waals surface area contributed by atoms with Crippen LogP contribution in [0.2, 0.25) is 5.02 Å². The second-order valence-corrected chi connectivity index (χ2v) is 9.79. The van der Waals surface area contributed by atoms with E-state index in [-0.39, 0.29) is 12.8 Å². The third kappa shape index (κ3) is 15.1. The molecule has 1 atom stereocenters. The number of aromatic nitrogens is 1. The Morgan fingerprint density at radius 1 is 1.05 bits per heavy atom. The molecule has 0 aliphatic rings. The zero-order valence-corrected chi connectivity index (χ0v) is 24.1. The first kappa shape index (κ1) is 32.7. The molecule has 1 heterocycles. The van der Waals surface area contributed by atoms with Gasteiger partial charge in [-0.3, -0.25) is 10.3 Å². The Morgan fingerprint density at radius 2 is 1.75 bits per heavy atom. The highest BCUT2D eigenvalue weighted by molar-refractivity contribution is 6.30. The van der Waals surface area contributed by atoms with E-state index >= 15 is 0 Å². The molecule has 0 fully saturated rings. The summed E-state index contributed by atoms with van der Waals surface area (Å²) in [6.07, 6.45) is 13.4. The Morgan fingerprint density at radius 3 is 2.48 bits per heavy atom. The summed E-state index contributed by atoms with van der Waals surface area (Å²) < 4.78 is 17.9. The highest BCUT2D eigenvalue weighted by Gasteiger charge is 2.13. The van der Waals surface area contributed by atoms with Gasteiger partial charge in [0.2, 0.25) is 5.96 Å². The quantitative estimate of drug-likeness (QED) is 0.0404. The molecule has 1 aromatic carbocycles. The van der Waals surface area contributed by atoms with Crippen molar-refractivity contribution in [2.24, 2.45) is 10.7 Å². The number of carbonyl (C=O) groups excluding carboxylic acids is 1. The minimum absolute atomic E-state index is 0.0322. The van der Waals surface area contributed by atoms with Crippen LogP contribution in [0.5, 0.6) is 5.75 Å². The number of aliphatic imine (C=N–C) groups is 1. The van der Waals surface area contributed by atoms with Gasteiger partial charge in [0.1, 0.15) is 11.9 Å². The maximum Gasteiger partial charge on any atom is 0.513 e. The Bertz CT molecular complexity index is 1040. The van der Waals surface area contributed by atoms with Gasteiger partial charge in [-0.05, 0) is 76.3 Å². The molecule has 40 heavy (non-hydrogen) atoms. The van der Waals surface area contributed by atoms with Crippen molar-refractivity contribution in [1.82, 2.24) is 5.32 Å². The van der Waals surface area contributed by atoms with E-state index < -0.39 is 6.16 Å². The minimum atomic E-state index is -0.689. The highest BCUT2D eigenvalue weighted by atomic mass is 35.5. The van der Waals surface area contributed by atoms with E-state index in [0.29, 0.717) is 30.7 Å². The number of nitrogens with one attached hydrogen (secondary N) is 2. The van der Waals surface area contributed by atoms with E-state index in [1.807, 2.05) is 37.4 Å². The largest absolute Gasteiger partial charge is 0.513 e. The first-order chi connectivity index (χ1) is 19.5. The van der Waals surface area contributed by atoms with Crippen LogP contribution in [0.4, 0.5) is 10.5 Å². The lowest BCUT2D eigenvalue weighted by Gasteiger charge is -2.12. The standard InChI is InChI=1S/C29H41ClN6O4/c1-24(10-6-2-3-7-17-31)40-29(37)39-23-36-19-15-26(16-20-36)35-28(34-22-32)33-18-8-4-5-9-21-38-27-13-11-25(30)12-14-27/h11-16,19-20,24H,2-10,17-18,21,23,31H2,1H3,(H,33,34)/p+1. The maximum atomic E-state index is 12.0. The van der Waals surface area contributed by atoms with Gasteiger partial charge in [-0.2, -0.15) is 9.83 Å². The highest BCUT2D eigenvalue weighted by Crippen LogP contribution is 2.16. The number of hydrogen-bond acceptors (Lipinski definition) is 7. The number of hydrogen-bond donors (Lipinski definition) is 3. The molecule has 2 aromatic rings. The summed E-state index contributed by atoms with van der Waals surface area (Å²) in [4.78, 5) is 16.4. The lowest BCUT2D eigenvalue weighted by molar-refractivity contribution is -0.727. The first-order valence-electron chi connectivity index (χ1n) is 13.9.